The summed E-state index contributed by atoms with van der Waals surface area (Å²) in [5.74, 6) is -0.774. The standard InChI is InChI=1S/C20H22N2O5S/c1-2-11-26-15-9-7-14(8-10-15)20(25)27-12-19(24)22-16-5-3-4-6-17(16)28-13-18(21)23/h3-10H,2,11-13H2,1H3,(H2,21,23)(H,22,24). The van der Waals surface area contributed by atoms with Crippen LogP contribution in [-0.4, -0.2) is 36.8 Å². The number of hydrogen-bond acceptors (Lipinski definition) is 6. The summed E-state index contributed by atoms with van der Waals surface area (Å²) in [4.78, 5) is 35.8. The Balaban J connectivity index is 1.87. The van der Waals surface area contributed by atoms with E-state index in [2.05, 4.69) is 5.32 Å². The maximum absolute atomic E-state index is 12.1. The molecule has 0 unspecified atom stereocenters. The van der Waals surface area contributed by atoms with Gasteiger partial charge in [-0.05, 0) is 42.8 Å². The van der Waals surface area contributed by atoms with Crippen molar-refractivity contribution in [2.45, 2.75) is 18.2 Å². The van der Waals surface area contributed by atoms with E-state index in [-0.39, 0.29) is 5.75 Å². The molecule has 8 heteroatoms. The number of para-hydroxylation sites is 1. The van der Waals surface area contributed by atoms with Crippen molar-refractivity contribution in [2.24, 2.45) is 5.73 Å². The number of primary amides is 1. The second-order valence-electron chi connectivity index (χ2n) is 5.75. The monoisotopic (exact) mass is 402 g/mol. The van der Waals surface area contributed by atoms with Gasteiger partial charge >= 0.3 is 5.97 Å². The van der Waals surface area contributed by atoms with Gasteiger partial charge in [0.25, 0.3) is 5.91 Å². The third kappa shape index (κ3) is 6.96. The van der Waals surface area contributed by atoms with E-state index in [9.17, 15) is 14.4 Å². The smallest absolute Gasteiger partial charge is 0.338 e. The Morgan fingerprint density at radius 3 is 2.46 bits per heavy atom. The Morgan fingerprint density at radius 1 is 1.07 bits per heavy atom. The fraction of sp³-hybridized carbons (Fsp3) is 0.250. The first-order chi connectivity index (χ1) is 13.5. The molecule has 2 rings (SSSR count). The summed E-state index contributed by atoms with van der Waals surface area (Å²) >= 11 is 1.22. The fourth-order valence-corrected chi connectivity index (χ4v) is 2.90. The van der Waals surface area contributed by atoms with E-state index in [1.54, 1.807) is 48.5 Å². The highest BCUT2D eigenvalue weighted by molar-refractivity contribution is 8.00. The normalized spacial score (nSPS) is 10.2. The van der Waals surface area contributed by atoms with Crippen LogP contribution in [0.15, 0.2) is 53.4 Å². The largest absolute Gasteiger partial charge is 0.494 e. The molecule has 3 N–H and O–H groups in total. The van der Waals surface area contributed by atoms with Crippen LogP contribution in [0.3, 0.4) is 0 Å². The number of nitrogens with one attached hydrogen (secondary N) is 1. The van der Waals surface area contributed by atoms with Crippen molar-refractivity contribution in [3.8, 4) is 5.75 Å². The van der Waals surface area contributed by atoms with Gasteiger partial charge in [-0.2, -0.15) is 0 Å². The molecular weight excluding hydrogens is 380 g/mol. The first kappa shape index (κ1) is 21.3. The minimum Gasteiger partial charge on any atom is -0.494 e. The highest BCUT2D eigenvalue weighted by atomic mass is 32.2. The number of thioether (sulfide) groups is 1. The molecule has 2 amide bonds. The predicted molar refractivity (Wildman–Crippen MR) is 108 cm³/mol. The number of benzene rings is 2. The molecule has 2 aromatic rings. The molecule has 148 valence electrons. The number of nitrogens with two attached hydrogens (primary N) is 1. The van der Waals surface area contributed by atoms with Crippen molar-refractivity contribution in [2.75, 3.05) is 24.3 Å². The maximum Gasteiger partial charge on any atom is 0.338 e. The van der Waals surface area contributed by atoms with Crippen molar-refractivity contribution in [1.29, 1.82) is 0 Å². The van der Waals surface area contributed by atoms with E-state index < -0.39 is 24.4 Å². The Labute approximate surface area is 167 Å². The van der Waals surface area contributed by atoms with Crippen LogP contribution in [-0.2, 0) is 14.3 Å². The minimum absolute atomic E-state index is 0.0971. The second kappa shape index (κ2) is 11.0. The Bertz CT molecular complexity index is 824. The molecule has 0 fully saturated rings. The topological polar surface area (TPSA) is 108 Å². The van der Waals surface area contributed by atoms with E-state index >= 15 is 0 Å². The number of anilines is 1. The quantitative estimate of drug-likeness (QED) is 0.467. The van der Waals surface area contributed by atoms with Crippen molar-refractivity contribution >= 4 is 35.2 Å². The molecule has 0 aliphatic heterocycles. The summed E-state index contributed by atoms with van der Waals surface area (Å²) in [6, 6.07) is 13.5. The van der Waals surface area contributed by atoms with Gasteiger partial charge in [0.2, 0.25) is 5.91 Å². The molecule has 0 aliphatic rings. The molecule has 28 heavy (non-hydrogen) atoms. The lowest BCUT2D eigenvalue weighted by Crippen LogP contribution is -2.21. The lowest BCUT2D eigenvalue weighted by atomic mass is 10.2. The first-order valence-electron chi connectivity index (χ1n) is 8.69. The molecular formula is C20H22N2O5S. The van der Waals surface area contributed by atoms with Gasteiger partial charge in [0, 0.05) is 4.90 Å². The third-order valence-corrected chi connectivity index (χ3v) is 4.52. The molecule has 0 spiro atoms. The first-order valence-corrected chi connectivity index (χ1v) is 9.68. The molecule has 2 aromatic carbocycles. The summed E-state index contributed by atoms with van der Waals surface area (Å²) in [5, 5.41) is 2.66. The van der Waals surface area contributed by atoms with Crippen LogP contribution in [0.4, 0.5) is 5.69 Å². The molecule has 0 aliphatic carbocycles. The number of hydrogen-bond donors (Lipinski definition) is 2. The fourth-order valence-electron chi connectivity index (χ4n) is 2.15. The summed E-state index contributed by atoms with van der Waals surface area (Å²) in [6.45, 7) is 2.18. The van der Waals surface area contributed by atoms with E-state index in [4.69, 9.17) is 15.2 Å². The van der Waals surface area contributed by atoms with Crippen molar-refractivity contribution in [1.82, 2.24) is 0 Å². The Kier molecular flexibility index (Phi) is 8.36. The van der Waals surface area contributed by atoms with Crippen molar-refractivity contribution in [3.63, 3.8) is 0 Å². The summed E-state index contributed by atoms with van der Waals surface area (Å²) in [7, 11) is 0. The van der Waals surface area contributed by atoms with Crippen LogP contribution in [0.1, 0.15) is 23.7 Å². The Morgan fingerprint density at radius 2 is 1.79 bits per heavy atom. The van der Waals surface area contributed by atoms with Gasteiger partial charge in [0.15, 0.2) is 6.61 Å². The average molecular weight is 402 g/mol. The Hall–Kier alpha value is -3.00. The number of esters is 1. The van der Waals surface area contributed by atoms with Gasteiger partial charge in [0.1, 0.15) is 5.75 Å². The number of carbonyl (C=O) groups is 3. The van der Waals surface area contributed by atoms with Gasteiger partial charge < -0.3 is 20.5 Å². The van der Waals surface area contributed by atoms with E-state index in [1.807, 2.05) is 6.92 Å². The minimum atomic E-state index is -0.603. The molecule has 0 radical (unpaired) electrons. The molecule has 0 saturated carbocycles. The van der Waals surface area contributed by atoms with Crippen molar-refractivity contribution < 1.29 is 23.9 Å². The molecule has 0 aromatic heterocycles. The van der Waals surface area contributed by atoms with Crippen LogP contribution in [0.5, 0.6) is 5.75 Å². The molecule has 0 heterocycles. The van der Waals surface area contributed by atoms with Gasteiger partial charge in [0.05, 0.1) is 23.6 Å². The third-order valence-electron chi connectivity index (χ3n) is 3.43. The highest BCUT2D eigenvalue weighted by Crippen LogP contribution is 2.26. The van der Waals surface area contributed by atoms with E-state index in [0.29, 0.717) is 28.5 Å². The highest BCUT2D eigenvalue weighted by Gasteiger charge is 2.12. The van der Waals surface area contributed by atoms with Gasteiger partial charge in [-0.1, -0.05) is 19.1 Å². The predicted octanol–water partition coefficient (Wildman–Crippen LogP) is 2.85. The second-order valence-corrected chi connectivity index (χ2v) is 6.77. The summed E-state index contributed by atoms with van der Waals surface area (Å²) < 4.78 is 10.5. The van der Waals surface area contributed by atoms with Crippen LogP contribution >= 0.6 is 11.8 Å². The van der Waals surface area contributed by atoms with Crippen molar-refractivity contribution in [3.05, 3.63) is 54.1 Å². The average Bonchev–Trinajstić information content (AvgIpc) is 2.70. The number of amides is 2. The molecule has 0 atom stereocenters. The number of carbonyl (C=O) groups excluding carboxylic acids is 3. The van der Waals surface area contributed by atoms with Crippen LogP contribution in [0.2, 0.25) is 0 Å². The van der Waals surface area contributed by atoms with Gasteiger partial charge in [-0.25, -0.2) is 4.79 Å². The molecule has 7 nitrogen and oxygen atoms in total. The van der Waals surface area contributed by atoms with Crippen LogP contribution in [0, 0.1) is 0 Å². The molecule has 0 saturated heterocycles. The van der Waals surface area contributed by atoms with Gasteiger partial charge in [-0.3, -0.25) is 9.59 Å². The summed E-state index contributed by atoms with van der Waals surface area (Å²) in [5.41, 5.74) is 6.00. The number of rotatable bonds is 10. The molecule has 0 bridgehead atoms. The number of ether oxygens (including phenoxy) is 2. The lowest BCUT2D eigenvalue weighted by Gasteiger charge is -2.10. The zero-order valence-electron chi connectivity index (χ0n) is 15.5. The summed E-state index contributed by atoms with van der Waals surface area (Å²) in [6.07, 6.45) is 0.892. The van der Waals surface area contributed by atoms with Crippen LogP contribution in [0.25, 0.3) is 0 Å². The van der Waals surface area contributed by atoms with E-state index in [1.165, 1.54) is 11.8 Å². The van der Waals surface area contributed by atoms with Crippen LogP contribution < -0.4 is 15.8 Å². The lowest BCUT2D eigenvalue weighted by molar-refractivity contribution is -0.119. The zero-order chi connectivity index (χ0) is 20.4. The van der Waals surface area contributed by atoms with E-state index in [0.717, 1.165) is 6.42 Å². The zero-order valence-corrected chi connectivity index (χ0v) is 16.3. The SMILES string of the molecule is CCCOc1ccc(C(=O)OCC(=O)Nc2ccccc2SCC(N)=O)cc1. The maximum atomic E-state index is 12.1. The van der Waals surface area contributed by atoms with Gasteiger partial charge in [-0.15, -0.1) is 11.8 Å².